The number of amides is 1. The zero-order valence-corrected chi connectivity index (χ0v) is 22.8. The number of halogens is 6. The van der Waals surface area contributed by atoms with Crippen molar-refractivity contribution in [2.75, 3.05) is 17.1 Å². The number of carbonyl (C=O) groups excluding carboxylic acids is 1. The third-order valence-corrected chi connectivity index (χ3v) is 9.69. The van der Waals surface area contributed by atoms with Crippen LogP contribution in [-0.4, -0.2) is 44.3 Å². The number of methoxy groups -OCH3 is 1. The Labute approximate surface area is 233 Å². The molecule has 2 fully saturated rings. The van der Waals surface area contributed by atoms with Crippen molar-refractivity contribution in [3.8, 4) is 5.75 Å². The van der Waals surface area contributed by atoms with Gasteiger partial charge in [-0.2, -0.15) is 17.6 Å². The lowest BCUT2D eigenvalue weighted by Crippen LogP contribution is -2.63. The molecule has 1 saturated heterocycles. The molecule has 1 amide bonds. The molecule has 0 radical (unpaired) electrons. The van der Waals surface area contributed by atoms with Gasteiger partial charge in [-0.15, -0.1) is 11.3 Å². The summed E-state index contributed by atoms with van der Waals surface area (Å²) in [5.74, 6) is -7.29. The molecule has 0 unspecified atom stereocenters. The predicted molar refractivity (Wildman–Crippen MR) is 135 cm³/mol. The van der Waals surface area contributed by atoms with Crippen LogP contribution >= 0.6 is 11.3 Å². The minimum atomic E-state index is -4.93. The SMILES string of the molecule is COc1c([C@H]2[C@H](C(=O)Nc3ccc(F)c(S(=O)(=O)Nc4cscn4)c3)O[C@]3(C(F)(F)F)CC[C@]23C)ccc(F)c1F. The standard InChI is InChI=1S/C25H21F6N3O5S2/c1-23-7-8-24(23,25(29,30)31)39-21(18(23)13-4-6-15(27)19(28)20(13)38-2)22(35)33-12-3-5-14(26)16(9-12)41(36,37)34-17-10-40-11-32-17/h3-6,9-11,18,21,34H,7-8H2,1-2H3,(H,33,35)/t18-,21+,23+,24+/m0/s1. The molecule has 3 aromatic rings. The largest absolute Gasteiger partial charge is 0.493 e. The normalized spacial score (nSPS) is 25.8. The van der Waals surface area contributed by atoms with E-state index in [0.29, 0.717) is 6.07 Å². The molecule has 1 aliphatic carbocycles. The van der Waals surface area contributed by atoms with Crippen molar-refractivity contribution in [2.45, 2.75) is 48.5 Å². The summed E-state index contributed by atoms with van der Waals surface area (Å²) in [6.45, 7) is 1.25. The molecule has 41 heavy (non-hydrogen) atoms. The van der Waals surface area contributed by atoms with E-state index in [2.05, 4.69) is 15.0 Å². The van der Waals surface area contributed by atoms with E-state index in [0.717, 1.165) is 42.7 Å². The zero-order chi connectivity index (χ0) is 30.0. The second-order valence-corrected chi connectivity index (χ2v) is 12.2. The fourth-order valence-corrected chi connectivity index (χ4v) is 7.33. The maximum absolute atomic E-state index is 14.7. The van der Waals surface area contributed by atoms with Gasteiger partial charge in [0.2, 0.25) is 5.82 Å². The van der Waals surface area contributed by atoms with Gasteiger partial charge in [0.25, 0.3) is 15.9 Å². The molecule has 16 heteroatoms. The van der Waals surface area contributed by atoms with E-state index in [9.17, 15) is 39.6 Å². The molecular weight excluding hydrogens is 600 g/mol. The molecule has 0 spiro atoms. The number of carbonyl (C=O) groups is 1. The van der Waals surface area contributed by atoms with Gasteiger partial charge in [-0.05, 0) is 37.1 Å². The first-order chi connectivity index (χ1) is 19.1. The fraction of sp³-hybridized carbons (Fsp3) is 0.360. The lowest BCUT2D eigenvalue weighted by Gasteiger charge is -2.54. The number of aromatic nitrogens is 1. The van der Waals surface area contributed by atoms with E-state index in [4.69, 9.17) is 9.47 Å². The summed E-state index contributed by atoms with van der Waals surface area (Å²) >= 11 is 1.08. The van der Waals surface area contributed by atoms with Crippen molar-refractivity contribution in [1.29, 1.82) is 0 Å². The Kier molecular flexibility index (Phi) is 7.02. The number of fused-ring (bicyclic) bond motifs is 1. The Morgan fingerprint density at radius 3 is 2.44 bits per heavy atom. The number of nitrogens with one attached hydrogen (secondary N) is 2. The highest BCUT2D eigenvalue weighted by atomic mass is 32.2. The van der Waals surface area contributed by atoms with Crippen LogP contribution in [0.5, 0.6) is 5.75 Å². The molecule has 5 rings (SSSR count). The van der Waals surface area contributed by atoms with Gasteiger partial charge in [0, 0.05) is 28.0 Å². The van der Waals surface area contributed by atoms with Crippen LogP contribution in [0.2, 0.25) is 0 Å². The summed E-state index contributed by atoms with van der Waals surface area (Å²) in [5, 5.41) is 3.65. The molecule has 1 saturated carbocycles. The maximum Gasteiger partial charge on any atom is 0.418 e. The van der Waals surface area contributed by atoms with Gasteiger partial charge in [-0.1, -0.05) is 13.0 Å². The van der Waals surface area contributed by atoms with Crippen LogP contribution in [0, 0.1) is 22.9 Å². The fourth-order valence-electron chi connectivity index (χ4n) is 5.66. The van der Waals surface area contributed by atoms with Gasteiger partial charge in [-0.25, -0.2) is 22.2 Å². The number of hydrogen-bond acceptors (Lipinski definition) is 7. The molecule has 8 nitrogen and oxygen atoms in total. The van der Waals surface area contributed by atoms with Crippen LogP contribution in [0.25, 0.3) is 0 Å². The molecule has 220 valence electrons. The lowest BCUT2D eigenvalue weighted by molar-refractivity contribution is -0.328. The Morgan fingerprint density at radius 2 is 1.85 bits per heavy atom. The predicted octanol–water partition coefficient (Wildman–Crippen LogP) is 5.59. The summed E-state index contributed by atoms with van der Waals surface area (Å²) < 4.78 is 124. The molecule has 4 atom stereocenters. The first-order valence-corrected chi connectivity index (χ1v) is 14.4. The topological polar surface area (TPSA) is 107 Å². The Balaban J connectivity index is 1.53. The number of nitrogens with zero attached hydrogens (tertiary/aromatic N) is 1. The van der Waals surface area contributed by atoms with E-state index in [1.807, 2.05) is 0 Å². The maximum atomic E-state index is 14.7. The average molecular weight is 622 g/mol. The lowest BCUT2D eigenvalue weighted by atomic mass is 9.51. The van der Waals surface area contributed by atoms with Gasteiger partial charge >= 0.3 is 6.18 Å². The first kappa shape index (κ1) is 29.1. The van der Waals surface area contributed by atoms with Gasteiger partial charge in [-0.3, -0.25) is 9.52 Å². The zero-order valence-electron chi connectivity index (χ0n) is 21.2. The molecule has 1 aromatic heterocycles. The van der Waals surface area contributed by atoms with E-state index >= 15 is 0 Å². The Bertz CT molecular complexity index is 1620. The van der Waals surface area contributed by atoms with Crippen molar-refractivity contribution in [2.24, 2.45) is 5.41 Å². The molecule has 1 aliphatic heterocycles. The molecule has 2 heterocycles. The summed E-state index contributed by atoms with van der Waals surface area (Å²) in [6, 6.07) is 4.28. The third-order valence-electron chi connectivity index (χ3n) is 7.73. The van der Waals surface area contributed by atoms with Crippen LogP contribution in [0.4, 0.5) is 37.8 Å². The smallest absolute Gasteiger partial charge is 0.418 e. The second kappa shape index (κ2) is 9.87. The van der Waals surface area contributed by atoms with Gasteiger partial charge < -0.3 is 14.8 Å². The third kappa shape index (κ3) is 4.52. The number of rotatable bonds is 7. The quantitative estimate of drug-likeness (QED) is 0.333. The second-order valence-electron chi connectivity index (χ2n) is 9.86. The van der Waals surface area contributed by atoms with E-state index in [1.54, 1.807) is 0 Å². The van der Waals surface area contributed by atoms with Crippen molar-refractivity contribution in [3.63, 3.8) is 0 Å². The number of anilines is 2. The van der Waals surface area contributed by atoms with Crippen molar-refractivity contribution in [1.82, 2.24) is 4.98 Å². The number of thiazole rings is 1. The van der Waals surface area contributed by atoms with Crippen LogP contribution < -0.4 is 14.8 Å². The monoisotopic (exact) mass is 621 g/mol. The number of alkyl halides is 3. The summed E-state index contributed by atoms with van der Waals surface area (Å²) in [5.41, 5.74) is -3.71. The number of sulfonamides is 1. The first-order valence-electron chi connectivity index (χ1n) is 11.9. The highest BCUT2D eigenvalue weighted by Crippen LogP contribution is 2.71. The van der Waals surface area contributed by atoms with E-state index in [-0.39, 0.29) is 23.5 Å². The molecular formula is C25H21F6N3O5S2. The van der Waals surface area contributed by atoms with Crippen molar-refractivity contribution < 1.29 is 49.0 Å². The van der Waals surface area contributed by atoms with Crippen LogP contribution in [0.15, 0.2) is 46.1 Å². The van der Waals surface area contributed by atoms with E-state index < -0.39 is 79.7 Å². The highest BCUT2D eigenvalue weighted by Gasteiger charge is 2.80. The van der Waals surface area contributed by atoms with Crippen LogP contribution in [0.3, 0.4) is 0 Å². The minimum Gasteiger partial charge on any atom is -0.493 e. The molecule has 0 bridgehead atoms. The molecule has 2 N–H and O–H groups in total. The van der Waals surface area contributed by atoms with Crippen LogP contribution in [0.1, 0.15) is 31.2 Å². The number of hydrogen-bond donors (Lipinski definition) is 2. The molecule has 2 aliphatic rings. The summed E-state index contributed by atoms with van der Waals surface area (Å²) in [7, 11) is -3.51. The van der Waals surface area contributed by atoms with E-state index in [1.165, 1.54) is 17.8 Å². The number of benzene rings is 2. The highest BCUT2D eigenvalue weighted by molar-refractivity contribution is 7.92. The van der Waals surface area contributed by atoms with Crippen molar-refractivity contribution in [3.05, 3.63) is 64.2 Å². The van der Waals surface area contributed by atoms with Gasteiger partial charge in [0.05, 0.1) is 12.6 Å². The van der Waals surface area contributed by atoms with Crippen molar-refractivity contribution >= 4 is 38.8 Å². The average Bonchev–Trinajstić information content (AvgIpc) is 3.45. The van der Waals surface area contributed by atoms with Gasteiger partial charge in [0.15, 0.2) is 23.0 Å². The van der Waals surface area contributed by atoms with Crippen LogP contribution in [-0.2, 0) is 19.6 Å². The summed E-state index contributed by atoms with van der Waals surface area (Å²) in [4.78, 5) is 16.4. The Morgan fingerprint density at radius 1 is 1.15 bits per heavy atom. The molecule has 2 aromatic carbocycles. The van der Waals surface area contributed by atoms with Gasteiger partial charge in [0.1, 0.15) is 16.8 Å². The Hall–Kier alpha value is -3.37. The number of ether oxygens (including phenoxy) is 2. The minimum absolute atomic E-state index is 0.0651. The summed E-state index contributed by atoms with van der Waals surface area (Å²) in [6.07, 6.45) is -7.39.